The topological polar surface area (TPSA) is 57.3 Å². The Labute approximate surface area is 148 Å². The van der Waals surface area contributed by atoms with E-state index in [1.165, 1.54) is 18.9 Å². The van der Waals surface area contributed by atoms with Crippen LogP contribution in [0.15, 0.2) is 52.3 Å². The summed E-state index contributed by atoms with van der Waals surface area (Å²) >= 11 is 7.71. The monoisotopic (exact) mass is 362 g/mol. The molecule has 24 heavy (non-hydrogen) atoms. The van der Waals surface area contributed by atoms with Gasteiger partial charge in [-0.25, -0.2) is 9.78 Å². The third-order valence-corrected chi connectivity index (χ3v) is 4.90. The van der Waals surface area contributed by atoms with Gasteiger partial charge in [0.05, 0.1) is 18.6 Å². The maximum atomic E-state index is 11.4. The number of thioether (sulfide) groups is 1. The standard InChI is InChI=1S/C17H15ClN2O3S/c1-11-13(18)4-3-5-14(11)20-9-8-19-17(20)24-10-12-6-7-15(23-12)16(21)22-2/h3-9H,10H2,1-2H3. The van der Waals surface area contributed by atoms with Gasteiger partial charge in [-0.05, 0) is 36.8 Å². The van der Waals surface area contributed by atoms with E-state index in [0.717, 1.165) is 16.4 Å². The number of rotatable bonds is 5. The average Bonchev–Trinajstić information content (AvgIpc) is 3.24. The fourth-order valence-corrected chi connectivity index (χ4v) is 3.27. The molecule has 0 bridgehead atoms. The first-order valence-electron chi connectivity index (χ1n) is 7.19. The maximum Gasteiger partial charge on any atom is 0.373 e. The number of esters is 1. The van der Waals surface area contributed by atoms with Crippen molar-refractivity contribution in [3.8, 4) is 5.69 Å². The molecule has 0 amide bonds. The number of ether oxygens (including phenoxy) is 1. The van der Waals surface area contributed by atoms with Crippen LogP contribution in [-0.4, -0.2) is 22.6 Å². The van der Waals surface area contributed by atoms with E-state index in [9.17, 15) is 4.79 Å². The molecule has 5 nitrogen and oxygen atoms in total. The number of hydrogen-bond donors (Lipinski definition) is 0. The van der Waals surface area contributed by atoms with E-state index >= 15 is 0 Å². The number of aromatic nitrogens is 2. The number of furan rings is 1. The Morgan fingerprint density at radius 3 is 3.00 bits per heavy atom. The number of nitrogens with zero attached hydrogens (tertiary/aromatic N) is 2. The number of benzene rings is 1. The van der Waals surface area contributed by atoms with Gasteiger partial charge in [0.25, 0.3) is 0 Å². The SMILES string of the molecule is COC(=O)c1ccc(CSc2nccn2-c2cccc(Cl)c2C)o1. The number of halogens is 1. The van der Waals surface area contributed by atoms with Crippen molar-refractivity contribution in [2.24, 2.45) is 0 Å². The van der Waals surface area contributed by atoms with Crippen LogP contribution >= 0.6 is 23.4 Å². The summed E-state index contributed by atoms with van der Waals surface area (Å²) in [7, 11) is 1.32. The van der Waals surface area contributed by atoms with Gasteiger partial charge in [-0.1, -0.05) is 29.4 Å². The van der Waals surface area contributed by atoms with Crippen molar-refractivity contribution in [1.82, 2.24) is 9.55 Å². The molecular weight excluding hydrogens is 348 g/mol. The quantitative estimate of drug-likeness (QED) is 0.494. The molecule has 0 spiro atoms. The Morgan fingerprint density at radius 2 is 2.21 bits per heavy atom. The molecule has 2 heterocycles. The second-order valence-corrected chi connectivity index (χ2v) is 6.36. The highest BCUT2D eigenvalue weighted by atomic mass is 35.5. The fourth-order valence-electron chi connectivity index (χ4n) is 2.24. The smallest absolute Gasteiger partial charge is 0.373 e. The van der Waals surface area contributed by atoms with Crippen molar-refractivity contribution in [1.29, 1.82) is 0 Å². The molecule has 0 saturated carbocycles. The number of hydrogen-bond acceptors (Lipinski definition) is 5. The van der Waals surface area contributed by atoms with Gasteiger partial charge in [0.15, 0.2) is 5.16 Å². The highest BCUT2D eigenvalue weighted by Gasteiger charge is 2.13. The number of imidazole rings is 1. The molecule has 0 atom stereocenters. The molecule has 0 fully saturated rings. The molecule has 1 aromatic carbocycles. The van der Waals surface area contributed by atoms with Gasteiger partial charge in [0.2, 0.25) is 5.76 Å². The van der Waals surface area contributed by atoms with E-state index in [-0.39, 0.29) is 5.76 Å². The van der Waals surface area contributed by atoms with Crippen LogP contribution in [0.25, 0.3) is 5.69 Å². The number of carbonyl (C=O) groups is 1. The third kappa shape index (κ3) is 3.34. The van der Waals surface area contributed by atoms with E-state index in [4.69, 9.17) is 16.0 Å². The average molecular weight is 363 g/mol. The maximum absolute atomic E-state index is 11.4. The van der Waals surface area contributed by atoms with Crippen LogP contribution in [0.1, 0.15) is 21.9 Å². The first-order chi connectivity index (χ1) is 11.6. The lowest BCUT2D eigenvalue weighted by molar-refractivity contribution is 0.0563. The number of carbonyl (C=O) groups excluding carboxylic acids is 1. The molecule has 0 aliphatic carbocycles. The lowest BCUT2D eigenvalue weighted by Crippen LogP contribution is -1.99. The van der Waals surface area contributed by atoms with Crippen LogP contribution in [0.2, 0.25) is 5.02 Å². The summed E-state index contributed by atoms with van der Waals surface area (Å²) in [6, 6.07) is 9.14. The van der Waals surface area contributed by atoms with E-state index < -0.39 is 5.97 Å². The van der Waals surface area contributed by atoms with Gasteiger partial charge in [0, 0.05) is 17.4 Å². The van der Waals surface area contributed by atoms with Crippen molar-refractivity contribution >= 4 is 29.3 Å². The Bertz CT molecular complexity index is 872. The van der Waals surface area contributed by atoms with E-state index in [2.05, 4.69) is 9.72 Å². The van der Waals surface area contributed by atoms with Crippen molar-refractivity contribution in [2.75, 3.05) is 7.11 Å². The van der Waals surface area contributed by atoms with Gasteiger partial charge in [-0.15, -0.1) is 0 Å². The van der Waals surface area contributed by atoms with E-state index in [1.54, 1.807) is 18.3 Å². The molecule has 0 N–H and O–H groups in total. The van der Waals surface area contributed by atoms with Crippen LogP contribution in [0.4, 0.5) is 0 Å². The van der Waals surface area contributed by atoms with Gasteiger partial charge >= 0.3 is 5.97 Å². The van der Waals surface area contributed by atoms with Crippen LogP contribution in [-0.2, 0) is 10.5 Å². The lowest BCUT2D eigenvalue weighted by Gasteiger charge is -2.11. The fraction of sp³-hybridized carbons (Fsp3) is 0.176. The molecule has 0 aliphatic heterocycles. The highest BCUT2D eigenvalue weighted by molar-refractivity contribution is 7.98. The summed E-state index contributed by atoms with van der Waals surface area (Å²) in [6.07, 6.45) is 3.63. The Morgan fingerprint density at radius 1 is 1.38 bits per heavy atom. The van der Waals surface area contributed by atoms with Gasteiger partial charge < -0.3 is 9.15 Å². The summed E-state index contributed by atoms with van der Waals surface area (Å²) in [6.45, 7) is 1.97. The van der Waals surface area contributed by atoms with Crippen LogP contribution in [0.3, 0.4) is 0 Å². The van der Waals surface area contributed by atoms with Crippen LogP contribution < -0.4 is 0 Å². The molecule has 3 rings (SSSR count). The molecule has 7 heteroatoms. The van der Waals surface area contributed by atoms with E-state index in [1.807, 2.05) is 35.9 Å². The summed E-state index contributed by atoms with van der Waals surface area (Å²) < 4.78 is 12.1. The minimum atomic E-state index is -0.484. The minimum absolute atomic E-state index is 0.196. The molecule has 124 valence electrons. The number of methoxy groups -OCH3 is 1. The van der Waals surface area contributed by atoms with Gasteiger partial charge in [-0.2, -0.15) is 0 Å². The normalized spacial score (nSPS) is 10.8. The highest BCUT2D eigenvalue weighted by Crippen LogP contribution is 2.28. The Kier molecular flexibility index (Phi) is 4.97. The van der Waals surface area contributed by atoms with E-state index in [0.29, 0.717) is 16.5 Å². The summed E-state index contributed by atoms with van der Waals surface area (Å²) in [5, 5.41) is 1.53. The van der Waals surface area contributed by atoms with Crippen LogP contribution in [0.5, 0.6) is 0 Å². The lowest BCUT2D eigenvalue weighted by atomic mass is 10.2. The second-order valence-electron chi connectivity index (χ2n) is 5.01. The predicted molar refractivity (Wildman–Crippen MR) is 92.9 cm³/mol. The predicted octanol–water partition coefficient (Wildman–Crippen LogP) is 4.51. The largest absolute Gasteiger partial charge is 0.463 e. The minimum Gasteiger partial charge on any atom is -0.463 e. The summed E-state index contributed by atoms with van der Waals surface area (Å²) in [5.41, 5.74) is 1.97. The molecule has 2 aromatic heterocycles. The van der Waals surface area contributed by atoms with Crippen LogP contribution in [0, 0.1) is 6.92 Å². The third-order valence-electron chi connectivity index (χ3n) is 3.50. The first-order valence-corrected chi connectivity index (χ1v) is 8.55. The van der Waals surface area contributed by atoms with Crippen molar-refractivity contribution in [2.45, 2.75) is 17.8 Å². The Balaban J connectivity index is 1.78. The van der Waals surface area contributed by atoms with Crippen molar-refractivity contribution in [3.63, 3.8) is 0 Å². The molecular formula is C17H15ClN2O3S. The zero-order valence-corrected chi connectivity index (χ0v) is 14.7. The molecule has 0 radical (unpaired) electrons. The Hall–Kier alpha value is -2.18. The molecule has 0 aliphatic rings. The van der Waals surface area contributed by atoms with Crippen molar-refractivity contribution in [3.05, 3.63) is 64.8 Å². The zero-order valence-electron chi connectivity index (χ0n) is 13.2. The molecule has 0 unspecified atom stereocenters. The van der Waals surface area contributed by atoms with Gasteiger partial charge in [-0.3, -0.25) is 4.57 Å². The summed E-state index contributed by atoms with van der Waals surface area (Å²) in [4.78, 5) is 15.8. The second kappa shape index (κ2) is 7.15. The first kappa shape index (κ1) is 16.7. The van der Waals surface area contributed by atoms with Gasteiger partial charge in [0.1, 0.15) is 5.76 Å². The molecule has 3 aromatic rings. The summed E-state index contributed by atoms with van der Waals surface area (Å²) in [5.74, 6) is 0.940. The van der Waals surface area contributed by atoms with Crippen molar-refractivity contribution < 1.29 is 13.9 Å². The molecule has 0 saturated heterocycles. The zero-order chi connectivity index (χ0) is 17.1.